The van der Waals surface area contributed by atoms with Gasteiger partial charge in [-0.15, -0.1) is 0 Å². The van der Waals surface area contributed by atoms with E-state index in [2.05, 4.69) is 4.90 Å². The van der Waals surface area contributed by atoms with Gasteiger partial charge in [0.15, 0.2) is 0 Å². The second kappa shape index (κ2) is 4.45. The lowest BCUT2D eigenvalue weighted by atomic mass is 10.1. The molecule has 70 valence electrons. The molecule has 1 N–H and O–H groups in total. The Hall–Kier alpha value is -0.570. The summed E-state index contributed by atoms with van der Waals surface area (Å²) < 4.78 is 0. The van der Waals surface area contributed by atoms with Crippen molar-refractivity contribution < 1.29 is 0 Å². The van der Waals surface area contributed by atoms with Crippen LogP contribution in [-0.4, -0.2) is 49.4 Å². The number of hydrogen-bond donors (Lipinski definition) is 1. The molecule has 0 radical (unpaired) electrons. The number of rotatable bonds is 2. The molecule has 0 saturated carbocycles. The number of likely N-dealkylation sites (N-methyl/N-ethyl adjacent to an activating group) is 1. The molecule has 3 heteroatoms. The van der Waals surface area contributed by atoms with Crippen molar-refractivity contribution in [3.63, 3.8) is 0 Å². The number of nitrogens with zero attached hydrogens (tertiary/aromatic N) is 2. The molecule has 1 aliphatic heterocycles. The Labute approximate surface area is 74.9 Å². The summed E-state index contributed by atoms with van der Waals surface area (Å²) >= 11 is 0. The fourth-order valence-corrected chi connectivity index (χ4v) is 1.47. The first-order chi connectivity index (χ1) is 5.70. The number of nitrogens with one attached hydrogen (secondary N) is 1. The Morgan fingerprint density at radius 2 is 1.83 bits per heavy atom. The van der Waals surface area contributed by atoms with Crippen molar-refractivity contribution in [2.24, 2.45) is 0 Å². The summed E-state index contributed by atoms with van der Waals surface area (Å²) in [6, 6.07) is 0. The van der Waals surface area contributed by atoms with Crippen LogP contribution in [-0.2, 0) is 0 Å². The second-order valence-corrected chi connectivity index (χ2v) is 3.68. The van der Waals surface area contributed by atoms with Gasteiger partial charge in [0.2, 0.25) is 0 Å². The van der Waals surface area contributed by atoms with Gasteiger partial charge in [-0.2, -0.15) is 0 Å². The van der Waals surface area contributed by atoms with Crippen LogP contribution in [0.3, 0.4) is 0 Å². The van der Waals surface area contributed by atoms with E-state index in [-0.39, 0.29) is 0 Å². The standard InChI is InChI=1S/C9H19N3/c1-11(2)9(10)8-12-6-4-3-5-7-12/h10H,3-8H2,1-2H3. The summed E-state index contributed by atoms with van der Waals surface area (Å²) in [5, 5.41) is 7.66. The van der Waals surface area contributed by atoms with Crippen LogP contribution in [0.4, 0.5) is 0 Å². The van der Waals surface area contributed by atoms with Crippen LogP contribution in [0, 0.1) is 5.41 Å². The summed E-state index contributed by atoms with van der Waals surface area (Å²) in [6.07, 6.45) is 3.98. The Morgan fingerprint density at radius 1 is 1.25 bits per heavy atom. The zero-order valence-corrected chi connectivity index (χ0v) is 8.14. The zero-order chi connectivity index (χ0) is 8.97. The molecule has 0 aromatic carbocycles. The summed E-state index contributed by atoms with van der Waals surface area (Å²) in [5.41, 5.74) is 0. The number of piperidine rings is 1. The van der Waals surface area contributed by atoms with Crippen molar-refractivity contribution in [1.29, 1.82) is 5.41 Å². The highest BCUT2D eigenvalue weighted by Crippen LogP contribution is 2.07. The molecule has 12 heavy (non-hydrogen) atoms. The van der Waals surface area contributed by atoms with Gasteiger partial charge in [-0.1, -0.05) is 6.42 Å². The van der Waals surface area contributed by atoms with Gasteiger partial charge in [-0.05, 0) is 25.9 Å². The Kier molecular flexibility index (Phi) is 3.53. The lowest BCUT2D eigenvalue weighted by molar-refractivity contribution is 0.252. The maximum absolute atomic E-state index is 7.66. The van der Waals surface area contributed by atoms with E-state index in [0.29, 0.717) is 0 Å². The van der Waals surface area contributed by atoms with Crippen molar-refractivity contribution in [2.75, 3.05) is 33.7 Å². The van der Waals surface area contributed by atoms with E-state index in [1.807, 2.05) is 19.0 Å². The van der Waals surface area contributed by atoms with E-state index < -0.39 is 0 Å². The van der Waals surface area contributed by atoms with Crippen LogP contribution in [0.25, 0.3) is 0 Å². The van der Waals surface area contributed by atoms with Gasteiger partial charge in [0, 0.05) is 14.1 Å². The minimum atomic E-state index is 0.719. The third kappa shape index (κ3) is 2.81. The first kappa shape index (κ1) is 9.52. The van der Waals surface area contributed by atoms with Crippen molar-refractivity contribution in [2.45, 2.75) is 19.3 Å². The van der Waals surface area contributed by atoms with Gasteiger partial charge in [0.25, 0.3) is 0 Å². The molecule has 0 aliphatic carbocycles. The van der Waals surface area contributed by atoms with Crippen LogP contribution >= 0.6 is 0 Å². The lowest BCUT2D eigenvalue weighted by Crippen LogP contribution is -2.38. The topological polar surface area (TPSA) is 30.3 Å². The molecule has 0 spiro atoms. The zero-order valence-electron chi connectivity index (χ0n) is 8.14. The first-order valence-corrected chi connectivity index (χ1v) is 4.67. The highest BCUT2D eigenvalue weighted by molar-refractivity contribution is 5.80. The highest BCUT2D eigenvalue weighted by atomic mass is 15.2. The average molecular weight is 169 g/mol. The Balaban J connectivity index is 2.24. The average Bonchev–Trinajstić information content (AvgIpc) is 2.06. The van der Waals surface area contributed by atoms with Crippen molar-refractivity contribution in [3.8, 4) is 0 Å². The van der Waals surface area contributed by atoms with Gasteiger partial charge in [-0.3, -0.25) is 10.3 Å². The summed E-state index contributed by atoms with van der Waals surface area (Å²) in [4.78, 5) is 4.25. The fraction of sp³-hybridized carbons (Fsp3) is 0.889. The molecule has 0 aromatic rings. The van der Waals surface area contributed by atoms with E-state index in [4.69, 9.17) is 5.41 Å². The van der Waals surface area contributed by atoms with Gasteiger partial charge in [0.05, 0.1) is 6.54 Å². The highest BCUT2D eigenvalue weighted by Gasteiger charge is 2.12. The van der Waals surface area contributed by atoms with Gasteiger partial charge in [-0.25, -0.2) is 0 Å². The minimum Gasteiger partial charge on any atom is -0.366 e. The molecule has 1 rings (SSSR count). The van der Waals surface area contributed by atoms with Crippen LogP contribution in [0.15, 0.2) is 0 Å². The maximum atomic E-state index is 7.66. The number of hydrogen-bond acceptors (Lipinski definition) is 2. The number of amidine groups is 1. The molecular weight excluding hydrogens is 150 g/mol. The van der Waals surface area contributed by atoms with Crippen molar-refractivity contribution in [3.05, 3.63) is 0 Å². The second-order valence-electron chi connectivity index (χ2n) is 3.68. The van der Waals surface area contributed by atoms with Gasteiger partial charge in [0.1, 0.15) is 5.84 Å². The predicted molar refractivity (Wildman–Crippen MR) is 51.7 cm³/mol. The monoisotopic (exact) mass is 169 g/mol. The number of likely N-dealkylation sites (tertiary alicyclic amines) is 1. The maximum Gasteiger partial charge on any atom is 0.110 e. The first-order valence-electron chi connectivity index (χ1n) is 4.67. The van der Waals surface area contributed by atoms with Crippen LogP contribution < -0.4 is 0 Å². The SMILES string of the molecule is CN(C)C(=N)CN1CCCCC1. The van der Waals surface area contributed by atoms with Crippen LogP contribution in [0.2, 0.25) is 0 Å². The molecule has 0 atom stereocenters. The molecular formula is C9H19N3. The molecule has 0 bridgehead atoms. The molecule has 1 heterocycles. The Morgan fingerprint density at radius 3 is 2.33 bits per heavy atom. The van der Waals surface area contributed by atoms with Crippen LogP contribution in [0.5, 0.6) is 0 Å². The molecule has 0 amide bonds. The lowest BCUT2D eigenvalue weighted by Gasteiger charge is -2.28. The summed E-state index contributed by atoms with van der Waals surface area (Å²) in [5.74, 6) is 0.719. The molecule has 1 aliphatic rings. The summed E-state index contributed by atoms with van der Waals surface area (Å²) in [7, 11) is 3.87. The van der Waals surface area contributed by atoms with E-state index >= 15 is 0 Å². The molecule has 0 unspecified atom stereocenters. The third-order valence-electron chi connectivity index (χ3n) is 2.36. The predicted octanol–water partition coefficient (Wildman–Crippen LogP) is 1.01. The fourth-order valence-electron chi connectivity index (χ4n) is 1.47. The van der Waals surface area contributed by atoms with E-state index in [1.165, 1.54) is 32.4 Å². The van der Waals surface area contributed by atoms with E-state index in [9.17, 15) is 0 Å². The molecule has 1 saturated heterocycles. The quantitative estimate of drug-likeness (QED) is 0.494. The van der Waals surface area contributed by atoms with Crippen LogP contribution in [0.1, 0.15) is 19.3 Å². The van der Waals surface area contributed by atoms with Crippen molar-refractivity contribution in [1.82, 2.24) is 9.80 Å². The summed E-state index contributed by atoms with van der Waals surface area (Å²) in [6.45, 7) is 3.18. The van der Waals surface area contributed by atoms with E-state index in [0.717, 1.165) is 12.4 Å². The van der Waals surface area contributed by atoms with Gasteiger partial charge < -0.3 is 4.90 Å². The Bertz CT molecular complexity index is 148. The van der Waals surface area contributed by atoms with Crippen molar-refractivity contribution >= 4 is 5.84 Å². The van der Waals surface area contributed by atoms with Gasteiger partial charge >= 0.3 is 0 Å². The van der Waals surface area contributed by atoms with E-state index in [1.54, 1.807) is 0 Å². The normalized spacial score (nSPS) is 19.2. The minimum absolute atomic E-state index is 0.719. The molecule has 1 fully saturated rings. The smallest absolute Gasteiger partial charge is 0.110 e. The third-order valence-corrected chi connectivity index (χ3v) is 2.36. The largest absolute Gasteiger partial charge is 0.366 e. The molecule has 0 aromatic heterocycles. The molecule has 3 nitrogen and oxygen atoms in total.